The fraction of sp³-hybridized carbons (Fsp3) is 0.192. The molecule has 0 unspecified atom stereocenters. The fourth-order valence-corrected chi connectivity index (χ4v) is 4.24. The van der Waals surface area contributed by atoms with Crippen LogP contribution in [0.5, 0.6) is 11.5 Å². The van der Waals surface area contributed by atoms with Crippen molar-refractivity contribution in [2.24, 2.45) is 0 Å². The number of benzene rings is 3. The Morgan fingerprint density at radius 1 is 0.941 bits per heavy atom. The van der Waals surface area contributed by atoms with Gasteiger partial charge in [-0.3, -0.25) is 10.1 Å². The Hall–Kier alpha value is -4.33. The van der Waals surface area contributed by atoms with E-state index >= 15 is 0 Å². The molecule has 0 aliphatic carbocycles. The van der Waals surface area contributed by atoms with Gasteiger partial charge in [0.15, 0.2) is 11.5 Å². The molecular weight excluding hydrogens is 430 g/mol. The van der Waals surface area contributed by atoms with Crippen LogP contribution < -0.4 is 20.1 Å². The van der Waals surface area contributed by atoms with Crippen molar-refractivity contribution in [3.05, 3.63) is 95.6 Å². The third-order valence-electron chi connectivity index (χ3n) is 5.95. The van der Waals surface area contributed by atoms with Crippen molar-refractivity contribution >= 4 is 17.8 Å². The first-order valence-corrected chi connectivity index (χ1v) is 11.0. The fourth-order valence-electron chi connectivity index (χ4n) is 4.24. The summed E-state index contributed by atoms with van der Waals surface area (Å²) in [5.41, 5.74) is 2.72. The molecule has 0 saturated heterocycles. The summed E-state index contributed by atoms with van der Waals surface area (Å²) in [4.78, 5) is 17.5. The summed E-state index contributed by atoms with van der Waals surface area (Å²) in [6.07, 6.45) is 0.799. The van der Waals surface area contributed by atoms with Crippen LogP contribution >= 0.6 is 0 Å². The second-order valence-electron chi connectivity index (χ2n) is 8.00. The summed E-state index contributed by atoms with van der Waals surface area (Å²) in [6.45, 7) is 0. The molecule has 3 aromatic carbocycles. The topological polar surface area (TPSA) is 90.3 Å². The molecule has 8 nitrogen and oxygen atoms in total. The Balaban J connectivity index is 1.45. The molecule has 5 rings (SSSR count). The van der Waals surface area contributed by atoms with Crippen molar-refractivity contribution in [1.82, 2.24) is 14.8 Å². The first-order valence-electron chi connectivity index (χ1n) is 11.0. The maximum Gasteiger partial charge on any atom is 0.258 e. The lowest BCUT2D eigenvalue weighted by Gasteiger charge is -2.31. The van der Waals surface area contributed by atoms with E-state index in [1.807, 2.05) is 41.1 Å². The van der Waals surface area contributed by atoms with Gasteiger partial charge in [0.25, 0.3) is 11.9 Å². The number of nitrogens with one attached hydrogen (secondary N) is 2. The lowest BCUT2D eigenvalue weighted by Crippen LogP contribution is -2.28. The third-order valence-corrected chi connectivity index (χ3v) is 5.95. The van der Waals surface area contributed by atoms with Crippen molar-refractivity contribution in [2.75, 3.05) is 24.9 Å². The molecule has 4 aromatic rings. The molecule has 172 valence electrons. The lowest BCUT2D eigenvalue weighted by molar-refractivity contribution is 0.102. The average Bonchev–Trinajstić information content (AvgIpc) is 3.30. The number of methoxy groups -OCH3 is 2. The highest BCUT2D eigenvalue weighted by Crippen LogP contribution is 2.38. The molecule has 2 N–H and O–H groups in total. The monoisotopic (exact) mass is 455 g/mol. The van der Waals surface area contributed by atoms with Crippen LogP contribution in [0.3, 0.4) is 0 Å². The number of amides is 1. The SMILES string of the molecule is COc1ccc(C(=O)Nc2nc3n(n2)[C@@H](c2ccccc2)C[C@@H](c2ccccc2)N3)cc1OC. The minimum absolute atomic E-state index is 0.0260. The van der Waals surface area contributed by atoms with E-state index in [9.17, 15) is 4.79 Å². The summed E-state index contributed by atoms with van der Waals surface area (Å²) >= 11 is 0. The highest BCUT2D eigenvalue weighted by molar-refractivity contribution is 6.03. The van der Waals surface area contributed by atoms with Crippen LogP contribution in [0.25, 0.3) is 0 Å². The number of hydrogen-bond donors (Lipinski definition) is 2. The van der Waals surface area contributed by atoms with Crippen LogP contribution in [0, 0.1) is 0 Å². The third kappa shape index (κ3) is 4.17. The number of aromatic nitrogens is 3. The van der Waals surface area contributed by atoms with Crippen molar-refractivity contribution < 1.29 is 14.3 Å². The van der Waals surface area contributed by atoms with Gasteiger partial charge in [0.2, 0.25) is 5.95 Å². The normalized spacial score (nSPS) is 16.8. The number of ether oxygens (including phenoxy) is 2. The first kappa shape index (κ1) is 21.5. The van der Waals surface area contributed by atoms with Gasteiger partial charge in [-0.2, -0.15) is 4.98 Å². The Morgan fingerprint density at radius 2 is 1.62 bits per heavy atom. The number of fused-ring (bicyclic) bond motifs is 1. The van der Waals surface area contributed by atoms with Crippen LogP contribution in [0.15, 0.2) is 78.9 Å². The Morgan fingerprint density at radius 3 is 2.29 bits per heavy atom. The molecule has 0 fully saturated rings. The molecular formula is C26H25N5O3. The van der Waals surface area contributed by atoms with Crippen LogP contribution in [0.4, 0.5) is 11.9 Å². The molecule has 0 radical (unpaired) electrons. The van der Waals surface area contributed by atoms with Gasteiger partial charge in [-0.1, -0.05) is 60.7 Å². The van der Waals surface area contributed by atoms with Crippen molar-refractivity contribution in [2.45, 2.75) is 18.5 Å². The molecule has 0 spiro atoms. The van der Waals surface area contributed by atoms with Crippen LogP contribution in [0.2, 0.25) is 0 Å². The van der Waals surface area contributed by atoms with Crippen LogP contribution in [0.1, 0.15) is 40.0 Å². The number of carbonyl (C=O) groups excluding carboxylic acids is 1. The summed E-state index contributed by atoms with van der Waals surface area (Å²) in [7, 11) is 3.08. The highest BCUT2D eigenvalue weighted by Gasteiger charge is 2.31. The lowest BCUT2D eigenvalue weighted by atomic mass is 9.93. The molecule has 1 amide bonds. The molecule has 0 saturated carbocycles. The zero-order valence-corrected chi connectivity index (χ0v) is 18.9. The van der Waals surface area contributed by atoms with Gasteiger partial charge in [-0.15, -0.1) is 5.10 Å². The second-order valence-corrected chi connectivity index (χ2v) is 8.00. The molecule has 8 heteroatoms. The predicted octanol–water partition coefficient (Wildman–Crippen LogP) is 4.69. The number of anilines is 2. The van der Waals surface area contributed by atoms with Gasteiger partial charge in [0.05, 0.1) is 26.3 Å². The summed E-state index contributed by atoms with van der Waals surface area (Å²) in [5.74, 6) is 1.54. The van der Waals surface area contributed by atoms with Gasteiger partial charge in [-0.05, 0) is 35.7 Å². The zero-order valence-electron chi connectivity index (χ0n) is 18.9. The largest absolute Gasteiger partial charge is 0.493 e. The minimum Gasteiger partial charge on any atom is -0.493 e. The molecule has 2 atom stereocenters. The molecule has 1 aliphatic heterocycles. The number of nitrogens with zero attached hydrogens (tertiary/aromatic N) is 3. The van der Waals surface area contributed by atoms with E-state index in [0.29, 0.717) is 23.0 Å². The van der Waals surface area contributed by atoms with E-state index in [-0.39, 0.29) is 23.9 Å². The maximum absolute atomic E-state index is 12.9. The van der Waals surface area contributed by atoms with Gasteiger partial charge in [0.1, 0.15) is 0 Å². The van der Waals surface area contributed by atoms with Gasteiger partial charge < -0.3 is 14.8 Å². The predicted molar refractivity (Wildman–Crippen MR) is 130 cm³/mol. The standard InChI is InChI=1S/C26H25N5O3/c1-33-22-14-13-19(15-23(22)34-2)24(32)28-25-29-26-27-20(17-9-5-3-6-10-17)16-21(31(26)30-25)18-11-7-4-8-12-18/h3-15,20-21H,16H2,1-2H3,(H2,27,28,29,30,32)/t20-,21+/m0/s1. The number of rotatable bonds is 6. The van der Waals surface area contributed by atoms with E-state index in [1.54, 1.807) is 25.3 Å². The van der Waals surface area contributed by atoms with E-state index in [1.165, 1.54) is 12.7 Å². The van der Waals surface area contributed by atoms with Gasteiger partial charge in [0, 0.05) is 5.56 Å². The van der Waals surface area contributed by atoms with E-state index in [0.717, 1.165) is 12.0 Å². The summed E-state index contributed by atoms with van der Waals surface area (Å²) in [6, 6.07) is 25.5. The quantitative estimate of drug-likeness (QED) is 0.438. The van der Waals surface area contributed by atoms with E-state index in [2.05, 4.69) is 45.0 Å². The zero-order chi connectivity index (χ0) is 23.5. The van der Waals surface area contributed by atoms with Crippen molar-refractivity contribution in [1.29, 1.82) is 0 Å². The Labute approximate surface area is 197 Å². The van der Waals surface area contributed by atoms with E-state index in [4.69, 9.17) is 9.47 Å². The van der Waals surface area contributed by atoms with Crippen molar-refractivity contribution in [3.8, 4) is 11.5 Å². The van der Waals surface area contributed by atoms with Crippen LogP contribution in [-0.4, -0.2) is 34.9 Å². The second kappa shape index (κ2) is 9.27. The van der Waals surface area contributed by atoms with Crippen LogP contribution in [-0.2, 0) is 0 Å². The Kier molecular flexibility index (Phi) is 5.86. The average molecular weight is 456 g/mol. The summed E-state index contributed by atoms with van der Waals surface area (Å²) < 4.78 is 12.4. The number of carbonyl (C=O) groups is 1. The highest BCUT2D eigenvalue weighted by atomic mass is 16.5. The van der Waals surface area contributed by atoms with Gasteiger partial charge in [-0.25, -0.2) is 4.68 Å². The maximum atomic E-state index is 12.9. The summed E-state index contributed by atoms with van der Waals surface area (Å²) in [5, 5.41) is 10.9. The van der Waals surface area contributed by atoms with Crippen molar-refractivity contribution in [3.63, 3.8) is 0 Å². The molecule has 2 heterocycles. The number of hydrogen-bond acceptors (Lipinski definition) is 6. The Bertz CT molecular complexity index is 1290. The van der Waals surface area contributed by atoms with E-state index < -0.39 is 0 Å². The smallest absolute Gasteiger partial charge is 0.258 e. The minimum atomic E-state index is -0.334. The first-order chi connectivity index (χ1) is 16.7. The molecule has 1 aromatic heterocycles. The molecule has 0 bridgehead atoms. The molecule has 1 aliphatic rings. The van der Waals surface area contributed by atoms with Gasteiger partial charge >= 0.3 is 0 Å². The molecule has 34 heavy (non-hydrogen) atoms.